The number of rotatable bonds is 4. The SMILES string of the molecule is CN1C2CCC1C(CO)C(c1ccc(F)cc1)C2.COC(=O)C1C(c2ccc(F)cc2)CC2CCC1N2C. The molecule has 5 nitrogen and oxygen atoms in total. The average Bonchev–Trinajstić information content (AvgIpc) is 3.29. The Labute approximate surface area is 224 Å². The normalized spacial score (nSPS) is 34.5. The van der Waals surface area contributed by atoms with Gasteiger partial charge in [-0.25, -0.2) is 8.78 Å². The molecule has 0 saturated carbocycles. The summed E-state index contributed by atoms with van der Waals surface area (Å²) in [7, 11) is 5.72. The zero-order valence-electron chi connectivity index (χ0n) is 22.6. The molecular weight excluding hydrogens is 486 g/mol. The van der Waals surface area contributed by atoms with E-state index in [0.29, 0.717) is 30.0 Å². The maximum absolute atomic E-state index is 13.1. The van der Waals surface area contributed by atoms with Crippen LogP contribution in [0, 0.1) is 23.5 Å². The first-order valence-corrected chi connectivity index (χ1v) is 14.0. The Hall–Kier alpha value is -2.35. The number of halogens is 2. The summed E-state index contributed by atoms with van der Waals surface area (Å²) >= 11 is 0. The van der Waals surface area contributed by atoms with E-state index in [0.717, 1.165) is 31.2 Å². The Bertz CT molecular complexity index is 1100. The lowest BCUT2D eigenvalue weighted by molar-refractivity contribution is -0.150. The molecule has 38 heavy (non-hydrogen) atoms. The van der Waals surface area contributed by atoms with Crippen LogP contribution in [0.2, 0.25) is 0 Å². The quantitative estimate of drug-likeness (QED) is 0.572. The standard InChI is InChI=1S/C16H20FNO2.C15H20FNO/c1-18-12-7-8-14(18)15(16(19)20-2)13(9-12)10-3-5-11(17)6-4-10;1-17-12-6-7-15(17)14(9-18)13(8-12)10-2-4-11(16)5-3-10/h3-6,12-15H,7-9H2,1-2H3;2-5,12-15,18H,6-9H2,1H3. The van der Waals surface area contributed by atoms with E-state index in [-0.39, 0.29) is 42.1 Å². The summed E-state index contributed by atoms with van der Waals surface area (Å²) in [5.41, 5.74) is 2.23. The summed E-state index contributed by atoms with van der Waals surface area (Å²) in [5.74, 6) is 0.0977. The Kier molecular flexibility index (Phi) is 8.17. The van der Waals surface area contributed by atoms with E-state index in [2.05, 4.69) is 23.9 Å². The molecule has 4 aliphatic heterocycles. The molecule has 2 aromatic carbocycles. The first-order chi connectivity index (χ1) is 18.3. The second-order valence-corrected chi connectivity index (χ2v) is 11.6. The van der Waals surface area contributed by atoms with Crippen LogP contribution < -0.4 is 0 Å². The minimum atomic E-state index is -0.237. The third-order valence-corrected chi connectivity index (χ3v) is 9.98. The van der Waals surface area contributed by atoms with Gasteiger partial charge in [-0.05, 0) is 93.9 Å². The van der Waals surface area contributed by atoms with Crippen LogP contribution in [0.25, 0.3) is 0 Å². The zero-order valence-corrected chi connectivity index (χ0v) is 22.6. The van der Waals surface area contributed by atoms with Crippen molar-refractivity contribution in [3.05, 3.63) is 71.3 Å². The van der Waals surface area contributed by atoms with Gasteiger partial charge < -0.3 is 14.7 Å². The van der Waals surface area contributed by atoms with E-state index in [1.54, 1.807) is 12.1 Å². The predicted molar refractivity (Wildman–Crippen MR) is 143 cm³/mol. The third kappa shape index (κ3) is 5.13. The van der Waals surface area contributed by atoms with Crippen molar-refractivity contribution < 1.29 is 23.4 Å². The summed E-state index contributed by atoms with van der Waals surface area (Å²) in [6.45, 7) is 0.226. The van der Waals surface area contributed by atoms with Crippen molar-refractivity contribution in [2.45, 2.75) is 74.5 Å². The number of fused-ring (bicyclic) bond motifs is 4. The highest BCUT2D eigenvalue weighted by molar-refractivity contribution is 5.75. The van der Waals surface area contributed by atoms with Gasteiger partial charge in [0, 0.05) is 42.6 Å². The number of aliphatic hydroxyl groups excluding tert-OH is 1. The number of hydrogen-bond acceptors (Lipinski definition) is 5. The van der Waals surface area contributed by atoms with Crippen molar-refractivity contribution in [1.82, 2.24) is 9.80 Å². The fourth-order valence-electron chi connectivity index (χ4n) is 7.90. The second-order valence-electron chi connectivity index (χ2n) is 11.6. The largest absolute Gasteiger partial charge is 0.469 e. The molecule has 4 bridgehead atoms. The number of aliphatic hydroxyl groups is 1. The summed E-state index contributed by atoms with van der Waals surface area (Å²) in [4.78, 5) is 17.0. The van der Waals surface area contributed by atoms with Crippen molar-refractivity contribution in [2.24, 2.45) is 11.8 Å². The van der Waals surface area contributed by atoms with Crippen LogP contribution >= 0.6 is 0 Å². The molecule has 2 aromatic rings. The number of carbonyl (C=O) groups excluding carboxylic acids is 1. The van der Waals surface area contributed by atoms with Gasteiger partial charge in [-0.15, -0.1) is 0 Å². The zero-order chi connectivity index (χ0) is 27.0. The molecule has 1 N–H and O–H groups in total. The summed E-state index contributed by atoms with van der Waals surface area (Å²) in [6.07, 6.45) is 6.62. The third-order valence-electron chi connectivity index (χ3n) is 9.98. The van der Waals surface area contributed by atoms with Gasteiger partial charge in [0.05, 0.1) is 13.0 Å². The van der Waals surface area contributed by atoms with Crippen molar-refractivity contribution in [3.8, 4) is 0 Å². The maximum Gasteiger partial charge on any atom is 0.310 e. The number of hydrogen-bond donors (Lipinski definition) is 1. The van der Waals surface area contributed by atoms with Crippen molar-refractivity contribution in [2.75, 3.05) is 27.8 Å². The number of methoxy groups -OCH3 is 1. The van der Waals surface area contributed by atoms with Gasteiger partial charge in [0.25, 0.3) is 0 Å². The molecule has 8 atom stereocenters. The van der Waals surface area contributed by atoms with Gasteiger partial charge in [0.1, 0.15) is 11.6 Å². The molecule has 0 amide bonds. The highest BCUT2D eigenvalue weighted by atomic mass is 19.1. The Balaban J connectivity index is 0.000000156. The number of piperidine rings is 2. The molecule has 4 fully saturated rings. The molecule has 8 unspecified atom stereocenters. The highest BCUT2D eigenvalue weighted by Gasteiger charge is 2.49. The van der Waals surface area contributed by atoms with Gasteiger partial charge in [-0.2, -0.15) is 0 Å². The summed E-state index contributed by atoms with van der Waals surface area (Å²) in [6, 6.07) is 15.3. The summed E-state index contributed by atoms with van der Waals surface area (Å²) in [5, 5.41) is 9.71. The van der Waals surface area contributed by atoms with Crippen LogP contribution in [0.4, 0.5) is 8.78 Å². The van der Waals surface area contributed by atoms with Crippen LogP contribution in [0.5, 0.6) is 0 Å². The van der Waals surface area contributed by atoms with E-state index < -0.39 is 0 Å². The number of ether oxygens (including phenoxy) is 1. The van der Waals surface area contributed by atoms with E-state index in [1.807, 2.05) is 12.1 Å². The van der Waals surface area contributed by atoms with Crippen molar-refractivity contribution >= 4 is 5.97 Å². The lowest BCUT2D eigenvalue weighted by atomic mass is 9.76. The van der Waals surface area contributed by atoms with E-state index in [1.165, 1.54) is 49.8 Å². The van der Waals surface area contributed by atoms with Gasteiger partial charge in [-0.1, -0.05) is 24.3 Å². The first-order valence-electron chi connectivity index (χ1n) is 14.0. The minimum Gasteiger partial charge on any atom is -0.469 e. The molecular formula is C31H40F2N2O3. The van der Waals surface area contributed by atoms with Crippen molar-refractivity contribution in [1.29, 1.82) is 0 Å². The van der Waals surface area contributed by atoms with E-state index in [4.69, 9.17) is 4.74 Å². The Morgan fingerprint density at radius 1 is 0.816 bits per heavy atom. The smallest absolute Gasteiger partial charge is 0.310 e. The fourth-order valence-corrected chi connectivity index (χ4v) is 7.90. The van der Waals surface area contributed by atoms with E-state index >= 15 is 0 Å². The topological polar surface area (TPSA) is 53.0 Å². The number of esters is 1. The summed E-state index contributed by atoms with van der Waals surface area (Å²) < 4.78 is 31.1. The molecule has 0 aliphatic carbocycles. The predicted octanol–water partition coefficient (Wildman–Crippen LogP) is 4.95. The van der Waals surface area contributed by atoms with Gasteiger partial charge in [0.15, 0.2) is 0 Å². The van der Waals surface area contributed by atoms with Gasteiger partial charge >= 0.3 is 5.97 Å². The van der Waals surface area contributed by atoms with E-state index in [9.17, 15) is 18.7 Å². The molecule has 0 radical (unpaired) electrons. The molecule has 4 saturated heterocycles. The Morgan fingerprint density at radius 2 is 1.29 bits per heavy atom. The monoisotopic (exact) mass is 526 g/mol. The molecule has 4 aliphatic rings. The highest BCUT2D eigenvalue weighted by Crippen LogP contribution is 2.47. The van der Waals surface area contributed by atoms with Crippen molar-refractivity contribution in [3.63, 3.8) is 0 Å². The van der Waals surface area contributed by atoms with Crippen LogP contribution in [-0.2, 0) is 9.53 Å². The van der Waals surface area contributed by atoms with Crippen LogP contribution in [0.3, 0.4) is 0 Å². The molecule has 206 valence electrons. The van der Waals surface area contributed by atoms with Crippen LogP contribution in [0.1, 0.15) is 61.5 Å². The number of carbonyl (C=O) groups is 1. The molecule has 0 aromatic heterocycles. The number of nitrogens with zero attached hydrogens (tertiary/aromatic N) is 2. The molecule has 6 rings (SSSR count). The minimum absolute atomic E-state index is 0.136. The molecule has 0 spiro atoms. The second kappa shape index (κ2) is 11.4. The lowest BCUT2D eigenvalue weighted by Crippen LogP contribution is -2.49. The van der Waals surface area contributed by atoms with Gasteiger partial charge in [-0.3, -0.25) is 9.69 Å². The Morgan fingerprint density at radius 3 is 1.82 bits per heavy atom. The number of benzene rings is 2. The average molecular weight is 527 g/mol. The van der Waals surface area contributed by atoms with Gasteiger partial charge in [0.2, 0.25) is 0 Å². The molecule has 7 heteroatoms. The maximum atomic E-state index is 13.1. The fraction of sp³-hybridized carbons (Fsp3) is 0.581. The lowest BCUT2D eigenvalue weighted by Gasteiger charge is -2.42. The first kappa shape index (κ1) is 27.2. The van der Waals surface area contributed by atoms with Crippen LogP contribution in [0.15, 0.2) is 48.5 Å². The molecule has 4 heterocycles. The van der Waals surface area contributed by atoms with Crippen LogP contribution in [-0.4, -0.2) is 72.9 Å².